The Hall–Kier alpha value is -0.170. The number of piperazine rings is 1. The Kier molecular flexibility index (Phi) is 3.53. The summed E-state index contributed by atoms with van der Waals surface area (Å²) in [4.78, 5) is 0. The van der Waals surface area contributed by atoms with Crippen LogP contribution in [0.2, 0.25) is 0 Å². The SMILES string of the molecule is CC1CN(S(=O)(=O)N2CCCC2)C(C)CN1. The lowest BCUT2D eigenvalue weighted by molar-refractivity contribution is 0.230. The zero-order valence-corrected chi connectivity index (χ0v) is 10.8. The van der Waals surface area contributed by atoms with E-state index >= 15 is 0 Å². The van der Waals surface area contributed by atoms with Crippen molar-refractivity contribution in [1.29, 1.82) is 0 Å². The van der Waals surface area contributed by atoms with Crippen LogP contribution in [-0.2, 0) is 10.2 Å². The van der Waals surface area contributed by atoms with Gasteiger partial charge in [0.1, 0.15) is 0 Å². The van der Waals surface area contributed by atoms with Gasteiger partial charge in [-0.3, -0.25) is 0 Å². The Morgan fingerprint density at radius 3 is 2.44 bits per heavy atom. The molecule has 0 radical (unpaired) electrons. The number of hydrogen-bond donors (Lipinski definition) is 1. The zero-order chi connectivity index (χ0) is 11.8. The molecule has 5 nitrogen and oxygen atoms in total. The van der Waals surface area contributed by atoms with Gasteiger partial charge in [0.2, 0.25) is 0 Å². The fourth-order valence-corrected chi connectivity index (χ4v) is 4.33. The van der Waals surface area contributed by atoms with Gasteiger partial charge < -0.3 is 5.32 Å². The van der Waals surface area contributed by atoms with Gasteiger partial charge in [-0.2, -0.15) is 17.0 Å². The van der Waals surface area contributed by atoms with E-state index in [1.807, 2.05) is 13.8 Å². The molecule has 0 aromatic heterocycles. The van der Waals surface area contributed by atoms with Crippen molar-refractivity contribution < 1.29 is 8.42 Å². The van der Waals surface area contributed by atoms with Gasteiger partial charge in [-0.25, -0.2) is 0 Å². The van der Waals surface area contributed by atoms with Crippen LogP contribution in [0.25, 0.3) is 0 Å². The summed E-state index contributed by atoms with van der Waals surface area (Å²) >= 11 is 0. The molecule has 0 aliphatic carbocycles. The van der Waals surface area contributed by atoms with E-state index in [0.717, 1.165) is 19.4 Å². The van der Waals surface area contributed by atoms with Crippen molar-refractivity contribution in [3.8, 4) is 0 Å². The summed E-state index contributed by atoms with van der Waals surface area (Å²) in [6.45, 7) is 6.69. The number of nitrogens with zero attached hydrogens (tertiary/aromatic N) is 2. The van der Waals surface area contributed by atoms with Crippen molar-refractivity contribution in [2.45, 2.75) is 38.8 Å². The van der Waals surface area contributed by atoms with Crippen LogP contribution < -0.4 is 5.32 Å². The summed E-state index contributed by atoms with van der Waals surface area (Å²) in [5, 5.41) is 3.30. The lowest BCUT2D eigenvalue weighted by Gasteiger charge is -2.38. The molecule has 0 spiro atoms. The van der Waals surface area contributed by atoms with Crippen LogP contribution in [0.3, 0.4) is 0 Å². The maximum atomic E-state index is 12.4. The molecule has 2 aliphatic rings. The zero-order valence-electron chi connectivity index (χ0n) is 10.0. The molecule has 0 aromatic rings. The largest absolute Gasteiger partial charge is 0.311 e. The third-order valence-electron chi connectivity index (χ3n) is 3.39. The van der Waals surface area contributed by atoms with Gasteiger partial charge in [0.15, 0.2) is 0 Å². The minimum Gasteiger partial charge on any atom is -0.311 e. The third-order valence-corrected chi connectivity index (χ3v) is 5.51. The van der Waals surface area contributed by atoms with Gasteiger partial charge in [-0.15, -0.1) is 0 Å². The highest BCUT2D eigenvalue weighted by atomic mass is 32.2. The fraction of sp³-hybridized carbons (Fsp3) is 1.00. The Bertz CT molecular complexity index is 338. The van der Waals surface area contributed by atoms with Crippen molar-refractivity contribution in [2.75, 3.05) is 26.2 Å². The van der Waals surface area contributed by atoms with Crippen LogP contribution in [0.15, 0.2) is 0 Å². The average molecular weight is 247 g/mol. The van der Waals surface area contributed by atoms with Gasteiger partial charge in [0, 0.05) is 38.3 Å². The average Bonchev–Trinajstić information content (AvgIpc) is 2.75. The van der Waals surface area contributed by atoms with Crippen LogP contribution in [0.1, 0.15) is 26.7 Å². The van der Waals surface area contributed by atoms with Gasteiger partial charge >= 0.3 is 0 Å². The topological polar surface area (TPSA) is 52.7 Å². The second kappa shape index (κ2) is 4.60. The molecule has 1 N–H and O–H groups in total. The molecule has 0 aromatic carbocycles. The Balaban J connectivity index is 2.14. The van der Waals surface area contributed by atoms with E-state index in [0.29, 0.717) is 19.6 Å². The predicted molar refractivity (Wildman–Crippen MR) is 63.4 cm³/mol. The second-order valence-electron chi connectivity index (χ2n) is 4.84. The summed E-state index contributed by atoms with van der Waals surface area (Å²) in [6.07, 6.45) is 1.99. The van der Waals surface area contributed by atoms with Crippen molar-refractivity contribution in [2.24, 2.45) is 0 Å². The van der Waals surface area contributed by atoms with Gasteiger partial charge in [0.25, 0.3) is 10.2 Å². The Morgan fingerprint density at radius 2 is 1.81 bits per heavy atom. The minimum absolute atomic E-state index is 0.0572. The van der Waals surface area contributed by atoms with Gasteiger partial charge in [-0.1, -0.05) is 0 Å². The van der Waals surface area contributed by atoms with Crippen molar-refractivity contribution in [1.82, 2.24) is 13.9 Å². The van der Waals surface area contributed by atoms with Gasteiger partial charge in [-0.05, 0) is 26.7 Å². The molecule has 2 saturated heterocycles. The molecular weight excluding hydrogens is 226 g/mol. The molecule has 2 heterocycles. The van der Waals surface area contributed by atoms with Gasteiger partial charge in [0.05, 0.1) is 0 Å². The summed E-state index contributed by atoms with van der Waals surface area (Å²) in [5.74, 6) is 0. The summed E-state index contributed by atoms with van der Waals surface area (Å²) in [6, 6.07) is 0.301. The van der Waals surface area contributed by atoms with Crippen LogP contribution in [0.4, 0.5) is 0 Å². The van der Waals surface area contributed by atoms with Crippen LogP contribution in [0, 0.1) is 0 Å². The molecule has 2 rings (SSSR count). The summed E-state index contributed by atoms with van der Waals surface area (Å²) in [5.41, 5.74) is 0. The molecule has 0 amide bonds. The maximum absolute atomic E-state index is 12.4. The second-order valence-corrected chi connectivity index (χ2v) is 6.72. The highest BCUT2D eigenvalue weighted by Gasteiger charge is 2.37. The smallest absolute Gasteiger partial charge is 0.282 e. The van der Waals surface area contributed by atoms with E-state index in [1.165, 1.54) is 0 Å². The molecule has 16 heavy (non-hydrogen) atoms. The van der Waals surface area contributed by atoms with Crippen LogP contribution in [0.5, 0.6) is 0 Å². The first-order valence-electron chi connectivity index (χ1n) is 6.02. The molecule has 2 unspecified atom stereocenters. The first-order valence-corrected chi connectivity index (χ1v) is 7.42. The molecule has 2 atom stereocenters. The first-order chi connectivity index (χ1) is 7.51. The normalized spacial score (nSPS) is 34.4. The lowest BCUT2D eigenvalue weighted by Crippen LogP contribution is -2.58. The Labute approximate surface area is 98.0 Å². The summed E-state index contributed by atoms with van der Waals surface area (Å²) < 4.78 is 28.0. The Morgan fingerprint density at radius 1 is 1.19 bits per heavy atom. The standard InChI is InChI=1S/C10H21N3O2S/c1-9-8-13(10(2)7-11-9)16(14,15)12-5-3-4-6-12/h9-11H,3-8H2,1-2H3. The van der Waals surface area contributed by atoms with E-state index in [4.69, 9.17) is 0 Å². The van der Waals surface area contributed by atoms with E-state index < -0.39 is 10.2 Å². The molecule has 2 aliphatic heterocycles. The quantitative estimate of drug-likeness (QED) is 0.748. The van der Waals surface area contributed by atoms with Crippen molar-refractivity contribution >= 4 is 10.2 Å². The van der Waals surface area contributed by atoms with E-state index in [1.54, 1.807) is 8.61 Å². The monoisotopic (exact) mass is 247 g/mol. The highest BCUT2D eigenvalue weighted by molar-refractivity contribution is 7.86. The first kappa shape index (κ1) is 12.3. The molecule has 94 valence electrons. The molecule has 2 fully saturated rings. The number of hydrogen-bond acceptors (Lipinski definition) is 3. The number of nitrogens with one attached hydrogen (secondary N) is 1. The van der Waals surface area contributed by atoms with E-state index in [2.05, 4.69) is 5.32 Å². The molecule has 0 bridgehead atoms. The maximum Gasteiger partial charge on any atom is 0.282 e. The van der Waals surface area contributed by atoms with Crippen LogP contribution >= 0.6 is 0 Å². The minimum atomic E-state index is -3.22. The summed E-state index contributed by atoms with van der Waals surface area (Å²) in [7, 11) is -3.22. The molecule has 0 saturated carbocycles. The fourth-order valence-electron chi connectivity index (χ4n) is 2.38. The molecular formula is C10H21N3O2S. The highest BCUT2D eigenvalue weighted by Crippen LogP contribution is 2.20. The molecule has 6 heteroatoms. The third kappa shape index (κ3) is 2.25. The van der Waals surface area contributed by atoms with E-state index in [-0.39, 0.29) is 12.1 Å². The predicted octanol–water partition coefficient (Wildman–Crippen LogP) is 0.00920. The van der Waals surface area contributed by atoms with Crippen LogP contribution in [-0.4, -0.2) is 55.3 Å². The van der Waals surface area contributed by atoms with Crippen molar-refractivity contribution in [3.05, 3.63) is 0 Å². The number of rotatable bonds is 2. The van der Waals surface area contributed by atoms with Crippen molar-refractivity contribution in [3.63, 3.8) is 0 Å². The van der Waals surface area contributed by atoms with E-state index in [9.17, 15) is 8.42 Å². The lowest BCUT2D eigenvalue weighted by atomic mass is 10.2.